The molecule has 0 atom stereocenters. The van der Waals surface area contributed by atoms with Crippen LogP contribution in [0.4, 0.5) is 5.69 Å². The molecule has 0 fully saturated rings. The second kappa shape index (κ2) is 6.55. The van der Waals surface area contributed by atoms with Gasteiger partial charge in [0.1, 0.15) is 0 Å². The van der Waals surface area contributed by atoms with Crippen LogP contribution in [0.15, 0.2) is 30.6 Å². The Hall–Kier alpha value is -2.58. The summed E-state index contributed by atoms with van der Waals surface area (Å²) in [5.74, 6) is 5.62. The molecule has 0 unspecified atom stereocenters. The van der Waals surface area contributed by atoms with Crippen LogP contribution >= 0.6 is 0 Å². The van der Waals surface area contributed by atoms with Gasteiger partial charge in [0.15, 0.2) is 0 Å². The number of anilines is 1. The van der Waals surface area contributed by atoms with Gasteiger partial charge in [-0.1, -0.05) is 18.8 Å². The molecule has 20 heavy (non-hydrogen) atoms. The average Bonchev–Trinajstić information content (AvgIpc) is 3.00. The topological polar surface area (TPSA) is 83.8 Å². The van der Waals surface area contributed by atoms with Crippen molar-refractivity contribution in [3.63, 3.8) is 0 Å². The Kier molecular flexibility index (Phi) is 4.53. The van der Waals surface area contributed by atoms with Crippen LogP contribution in [-0.2, 0) is 6.42 Å². The van der Waals surface area contributed by atoms with Crippen molar-refractivity contribution in [1.29, 1.82) is 0 Å². The molecule has 0 saturated carbocycles. The van der Waals surface area contributed by atoms with Gasteiger partial charge in [-0.05, 0) is 30.2 Å². The maximum absolute atomic E-state index is 12.0. The number of hydrogen-bond acceptors (Lipinski definition) is 3. The largest absolute Gasteiger partial charge is 0.322 e. The number of hydrogen-bond donors (Lipinski definition) is 3. The highest BCUT2D eigenvalue weighted by atomic mass is 16.1. The van der Waals surface area contributed by atoms with E-state index in [4.69, 9.17) is 5.73 Å². The van der Waals surface area contributed by atoms with Crippen molar-refractivity contribution in [1.82, 2.24) is 10.2 Å². The zero-order valence-electron chi connectivity index (χ0n) is 11.2. The fraction of sp³-hybridized carbons (Fsp3) is 0.200. The highest BCUT2D eigenvalue weighted by molar-refractivity contribution is 6.04. The molecule has 5 nitrogen and oxygen atoms in total. The van der Waals surface area contributed by atoms with Crippen LogP contribution in [-0.4, -0.2) is 22.6 Å². The van der Waals surface area contributed by atoms with E-state index in [0.29, 0.717) is 12.1 Å². The van der Waals surface area contributed by atoms with E-state index in [1.165, 1.54) is 6.20 Å². The van der Waals surface area contributed by atoms with E-state index in [-0.39, 0.29) is 5.91 Å². The number of amides is 1. The van der Waals surface area contributed by atoms with Crippen LogP contribution in [0.3, 0.4) is 0 Å². The molecule has 1 aromatic carbocycles. The first-order valence-corrected chi connectivity index (χ1v) is 6.36. The molecular formula is C15H16N4O. The summed E-state index contributed by atoms with van der Waals surface area (Å²) in [6.07, 6.45) is 3.85. The van der Waals surface area contributed by atoms with Crippen molar-refractivity contribution in [2.75, 3.05) is 11.9 Å². The highest BCUT2D eigenvalue weighted by Crippen LogP contribution is 2.18. The van der Waals surface area contributed by atoms with Gasteiger partial charge in [-0.2, -0.15) is 5.10 Å². The van der Waals surface area contributed by atoms with Crippen molar-refractivity contribution >= 4 is 11.6 Å². The molecule has 0 spiro atoms. The van der Waals surface area contributed by atoms with Crippen LogP contribution in [0.25, 0.3) is 0 Å². The quantitative estimate of drug-likeness (QED) is 0.738. The molecule has 1 amide bonds. The summed E-state index contributed by atoms with van der Waals surface area (Å²) in [5, 5.41) is 9.25. The summed E-state index contributed by atoms with van der Waals surface area (Å²) < 4.78 is 0. The summed E-state index contributed by atoms with van der Waals surface area (Å²) >= 11 is 0. The SMILES string of the molecule is CCc1cc(C#CCN)ccc1NC(=O)c1cn[nH]c1. The lowest BCUT2D eigenvalue weighted by molar-refractivity contribution is 0.102. The molecule has 2 rings (SSSR count). The third kappa shape index (κ3) is 3.25. The maximum Gasteiger partial charge on any atom is 0.258 e. The molecule has 0 saturated heterocycles. The third-order valence-corrected chi connectivity index (χ3v) is 2.83. The highest BCUT2D eigenvalue weighted by Gasteiger charge is 2.09. The minimum atomic E-state index is -0.186. The first-order valence-electron chi connectivity index (χ1n) is 6.36. The molecule has 0 aliphatic heterocycles. The van der Waals surface area contributed by atoms with E-state index in [1.807, 2.05) is 25.1 Å². The number of nitrogens with zero attached hydrogens (tertiary/aromatic N) is 1. The molecule has 102 valence electrons. The predicted molar refractivity (Wildman–Crippen MR) is 78.3 cm³/mol. The number of H-pyrrole nitrogens is 1. The number of aromatic nitrogens is 2. The molecule has 1 heterocycles. The molecule has 0 aliphatic rings. The van der Waals surface area contributed by atoms with Crippen molar-refractivity contribution in [2.24, 2.45) is 5.73 Å². The molecule has 0 radical (unpaired) electrons. The number of carbonyl (C=O) groups excluding carboxylic acids is 1. The Balaban J connectivity index is 2.21. The van der Waals surface area contributed by atoms with Gasteiger partial charge in [0.05, 0.1) is 18.3 Å². The summed E-state index contributed by atoms with van der Waals surface area (Å²) in [4.78, 5) is 12.0. The van der Waals surface area contributed by atoms with Gasteiger partial charge in [-0.25, -0.2) is 0 Å². The minimum Gasteiger partial charge on any atom is -0.322 e. The van der Waals surface area contributed by atoms with Crippen LogP contribution in [0.5, 0.6) is 0 Å². The van der Waals surface area contributed by atoms with Gasteiger partial charge in [0, 0.05) is 17.4 Å². The number of benzene rings is 1. The Morgan fingerprint density at radius 2 is 2.35 bits per heavy atom. The monoisotopic (exact) mass is 268 g/mol. The number of nitrogens with two attached hydrogens (primary N) is 1. The fourth-order valence-corrected chi connectivity index (χ4v) is 1.81. The van der Waals surface area contributed by atoms with Gasteiger partial charge in [-0.3, -0.25) is 9.89 Å². The molecule has 0 aliphatic carbocycles. The zero-order chi connectivity index (χ0) is 14.4. The van der Waals surface area contributed by atoms with Crippen LogP contribution in [0.2, 0.25) is 0 Å². The second-order valence-electron chi connectivity index (χ2n) is 4.17. The van der Waals surface area contributed by atoms with E-state index in [1.54, 1.807) is 6.20 Å². The molecule has 4 N–H and O–H groups in total. The average molecular weight is 268 g/mol. The number of carbonyl (C=O) groups is 1. The minimum absolute atomic E-state index is 0.186. The van der Waals surface area contributed by atoms with E-state index in [2.05, 4.69) is 27.4 Å². The number of nitrogens with one attached hydrogen (secondary N) is 2. The van der Waals surface area contributed by atoms with E-state index < -0.39 is 0 Å². The summed E-state index contributed by atoms with van der Waals surface area (Å²) in [6, 6.07) is 5.69. The lowest BCUT2D eigenvalue weighted by Gasteiger charge is -2.09. The first-order chi connectivity index (χ1) is 9.74. The van der Waals surface area contributed by atoms with Crippen molar-refractivity contribution in [3.05, 3.63) is 47.3 Å². The number of aromatic amines is 1. The van der Waals surface area contributed by atoms with E-state index in [9.17, 15) is 4.79 Å². The number of rotatable bonds is 3. The van der Waals surface area contributed by atoms with Crippen LogP contribution in [0, 0.1) is 11.8 Å². The molecule has 1 aromatic heterocycles. The Morgan fingerprint density at radius 1 is 1.50 bits per heavy atom. The third-order valence-electron chi connectivity index (χ3n) is 2.83. The molecule has 2 aromatic rings. The summed E-state index contributed by atoms with van der Waals surface area (Å²) in [5.41, 5.74) is 8.58. The Bertz CT molecular complexity index is 650. The normalized spacial score (nSPS) is 9.70. The van der Waals surface area contributed by atoms with Gasteiger partial charge >= 0.3 is 0 Å². The van der Waals surface area contributed by atoms with E-state index in [0.717, 1.165) is 23.2 Å². The van der Waals surface area contributed by atoms with Gasteiger partial charge in [0.2, 0.25) is 0 Å². The smallest absolute Gasteiger partial charge is 0.258 e. The molecule has 5 heteroatoms. The number of aryl methyl sites for hydroxylation is 1. The first kappa shape index (κ1) is 13.8. The van der Waals surface area contributed by atoms with Crippen LogP contribution < -0.4 is 11.1 Å². The van der Waals surface area contributed by atoms with Crippen molar-refractivity contribution < 1.29 is 4.79 Å². The van der Waals surface area contributed by atoms with Crippen molar-refractivity contribution in [2.45, 2.75) is 13.3 Å². The van der Waals surface area contributed by atoms with Gasteiger partial charge in [-0.15, -0.1) is 0 Å². The Labute approximate surface area is 117 Å². The standard InChI is InChI=1S/C15H16N4O/c1-2-12-8-11(4-3-7-16)5-6-14(12)19-15(20)13-9-17-18-10-13/h5-6,8-10H,2,7,16H2,1H3,(H,17,18)(H,19,20). The van der Waals surface area contributed by atoms with Crippen LogP contribution in [0.1, 0.15) is 28.4 Å². The van der Waals surface area contributed by atoms with Crippen molar-refractivity contribution in [3.8, 4) is 11.8 Å². The zero-order valence-corrected chi connectivity index (χ0v) is 11.2. The molecule has 0 bridgehead atoms. The van der Waals surface area contributed by atoms with Gasteiger partial charge in [0.25, 0.3) is 5.91 Å². The lowest BCUT2D eigenvalue weighted by atomic mass is 10.1. The summed E-state index contributed by atoms with van der Waals surface area (Å²) in [6.45, 7) is 2.36. The molecular weight excluding hydrogens is 252 g/mol. The summed E-state index contributed by atoms with van der Waals surface area (Å²) in [7, 11) is 0. The fourth-order valence-electron chi connectivity index (χ4n) is 1.81. The van der Waals surface area contributed by atoms with Gasteiger partial charge < -0.3 is 11.1 Å². The lowest BCUT2D eigenvalue weighted by Crippen LogP contribution is -2.12. The Morgan fingerprint density at radius 3 is 3.00 bits per heavy atom. The second-order valence-corrected chi connectivity index (χ2v) is 4.17. The predicted octanol–water partition coefficient (Wildman–Crippen LogP) is 1.53. The maximum atomic E-state index is 12.0. The van der Waals surface area contributed by atoms with E-state index >= 15 is 0 Å².